The topological polar surface area (TPSA) is 48.1 Å². The van der Waals surface area contributed by atoms with Crippen molar-refractivity contribution in [2.75, 3.05) is 6.61 Å². The lowest BCUT2D eigenvalue weighted by atomic mass is 10.3. The van der Waals surface area contributed by atoms with Crippen molar-refractivity contribution in [1.29, 1.82) is 0 Å². The molecule has 0 radical (unpaired) electrons. The molecule has 0 bridgehead atoms. The molecule has 2 N–H and O–H groups in total. The Morgan fingerprint density at radius 3 is 3.00 bits per heavy atom. The van der Waals surface area contributed by atoms with Crippen LogP contribution in [0.15, 0.2) is 35.8 Å². The number of rotatable bonds is 5. The monoisotopic (exact) mass is 234 g/mol. The molecule has 0 saturated carbocycles. The maximum Gasteiger partial charge on any atom is 0.142 e. The first-order chi connectivity index (χ1) is 7.90. The van der Waals surface area contributed by atoms with E-state index in [-0.39, 0.29) is 0 Å². The van der Waals surface area contributed by atoms with Gasteiger partial charge in [-0.1, -0.05) is 6.07 Å². The third-order valence-corrected chi connectivity index (χ3v) is 3.16. The normalized spacial score (nSPS) is 10.3. The summed E-state index contributed by atoms with van der Waals surface area (Å²) in [6, 6.07) is 7.93. The van der Waals surface area contributed by atoms with Crippen LogP contribution in [-0.4, -0.2) is 11.6 Å². The lowest BCUT2D eigenvalue weighted by molar-refractivity contribution is 0.318. The summed E-state index contributed by atoms with van der Waals surface area (Å²) < 4.78 is 5.67. The molecule has 2 heterocycles. The third kappa shape index (κ3) is 2.81. The third-order valence-electron chi connectivity index (χ3n) is 2.23. The van der Waals surface area contributed by atoms with Crippen LogP contribution in [0.2, 0.25) is 0 Å². The molecule has 0 unspecified atom stereocenters. The number of ether oxygens (including phenoxy) is 1. The summed E-state index contributed by atoms with van der Waals surface area (Å²) >= 11 is 1.75. The fourth-order valence-electron chi connectivity index (χ4n) is 1.42. The maximum atomic E-state index is 5.67. The SMILES string of the molecule is NCc1ncccc1OCCc1cccs1. The van der Waals surface area contributed by atoms with E-state index >= 15 is 0 Å². The fraction of sp³-hybridized carbons (Fsp3) is 0.250. The average molecular weight is 234 g/mol. The smallest absolute Gasteiger partial charge is 0.142 e. The van der Waals surface area contributed by atoms with Gasteiger partial charge in [0.25, 0.3) is 0 Å². The molecule has 0 spiro atoms. The van der Waals surface area contributed by atoms with Crippen molar-refractivity contribution < 1.29 is 4.74 Å². The quantitative estimate of drug-likeness (QED) is 0.863. The number of nitrogens with zero attached hydrogens (tertiary/aromatic N) is 1. The number of nitrogens with two attached hydrogens (primary N) is 1. The van der Waals surface area contributed by atoms with Crippen LogP contribution in [0.3, 0.4) is 0 Å². The molecule has 0 aliphatic rings. The van der Waals surface area contributed by atoms with Crippen LogP contribution in [0.25, 0.3) is 0 Å². The molecule has 4 heteroatoms. The molecular weight excluding hydrogens is 220 g/mol. The van der Waals surface area contributed by atoms with Crippen LogP contribution in [0.1, 0.15) is 10.6 Å². The average Bonchev–Trinajstić information content (AvgIpc) is 2.83. The van der Waals surface area contributed by atoms with E-state index in [1.165, 1.54) is 4.88 Å². The largest absolute Gasteiger partial charge is 0.491 e. The number of hydrogen-bond acceptors (Lipinski definition) is 4. The number of thiophene rings is 1. The van der Waals surface area contributed by atoms with Crippen LogP contribution in [-0.2, 0) is 13.0 Å². The van der Waals surface area contributed by atoms with Gasteiger partial charge in [0.1, 0.15) is 5.75 Å². The molecule has 2 aromatic heterocycles. The molecule has 0 fully saturated rings. The van der Waals surface area contributed by atoms with Crippen molar-refractivity contribution in [2.45, 2.75) is 13.0 Å². The zero-order valence-electron chi connectivity index (χ0n) is 8.93. The zero-order valence-corrected chi connectivity index (χ0v) is 9.74. The summed E-state index contributed by atoms with van der Waals surface area (Å²) in [7, 11) is 0. The van der Waals surface area contributed by atoms with Gasteiger partial charge in [-0.3, -0.25) is 4.98 Å². The lowest BCUT2D eigenvalue weighted by Crippen LogP contribution is -2.06. The molecule has 0 aliphatic carbocycles. The molecule has 0 amide bonds. The van der Waals surface area contributed by atoms with Crippen molar-refractivity contribution in [3.05, 3.63) is 46.4 Å². The minimum atomic E-state index is 0.412. The molecule has 84 valence electrons. The van der Waals surface area contributed by atoms with Gasteiger partial charge in [-0.2, -0.15) is 0 Å². The molecule has 0 aromatic carbocycles. The summed E-state index contributed by atoms with van der Waals surface area (Å²) in [6.07, 6.45) is 2.66. The second-order valence-electron chi connectivity index (χ2n) is 3.33. The highest BCUT2D eigenvalue weighted by Crippen LogP contribution is 2.15. The van der Waals surface area contributed by atoms with Gasteiger partial charge >= 0.3 is 0 Å². The fourth-order valence-corrected chi connectivity index (χ4v) is 2.11. The summed E-state index contributed by atoms with van der Waals surface area (Å²) in [5.74, 6) is 0.793. The first kappa shape index (κ1) is 11.1. The number of pyridine rings is 1. The molecule has 3 nitrogen and oxygen atoms in total. The van der Waals surface area contributed by atoms with Gasteiger partial charge in [-0.25, -0.2) is 0 Å². The van der Waals surface area contributed by atoms with Crippen LogP contribution in [0.4, 0.5) is 0 Å². The van der Waals surface area contributed by atoms with E-state index in [1.54, 1.807) is 17.5 Å². The van der Waals surface area contributed by atoms with Crippen molar-refractivity contribution in [3.63, 3.8) is 0 Å². The highest BCUT2D eigenvalue weighted by atomic mass is 32.1. The van der Waals surface area contributed by atoms with Crippen molar-refractivity contribution >= 4 is 11.3 Å². The predicted octanol–water partition coefficient (Wildman–Crippen LogP) is 2.22. The van der Waals surface area contributed by atoms with Gasteiger partial charge in [0, 0.05) is 24.0 Å². The van der Waals surface area contributed by atoms with Crippen LogP contribution in [0, 0.1) is 0 Å². The van der Waals surface area contributed by atoms with Gasteiger partial charge in [-0.05, 0) is 23.6 Å². The summed E-state index contributed by atoms with van der Waals surface area (Å²) in [4.78, 5) is 5.50. The van der Waals surface area contributed by atoms with E-state index in [0.717, 1.165) is 17.9 Å². The van der Waals surface area contributed by atoms with E-state index in [0.29, 0.717) is 13.2 Å². The van der Waals surface area contributed by atoms with E-state index in [4.69, 9.17) is 10.5 Å². The minimum Gasteiger partial charge on any atom is -0.491 e. The molecule has 0 atom stereocenters. The van der Waals surface area contributed by atoms with E-state index in [2.05, 4.69) is 22.5 Å². The second kappa shape index (κ2) is 5.63. The lowest BCUT2D eigenvalue weighted by Gasteiger charge is -2.08. The second-order valence-corrected chi connectivity index (χ2v) is 4.36. The van der Waals surface area contributed by atoms with Gasteiger partial charge in [0.05, 0.1) is 12.3 Å². The maximum absolute atomic E-state index is 5.67. The number of hydrogen-bond donors (Lipinski definition) is 1. The first-order valence-electron chi connectivity index (χ1n) is 5.19. The molecule has 0 aliphatic heterocycles. The number of aromatic nitrogens is 1. The van der Waals surface area contributed by atoms with Crippen LogP contribution in [0.5, 0.6) is 5.75 Å². The van der Waals surface area contributed by atoms with Crippen LogP contribution < -0.4 is 10.5 Å². The Bertz CT molecular complexity index is 428. The Morgan fingerprint density at radius 2 is 2.25 bits per heavy atom. The Labute approximate surface area is 98.9 Å². The Balaban J connectivity index is 1.89. The first-order valence-corrected chi connectivity index (χ1v) is 6.07. The minimum absolute atomic E-state index is 0.412. The van der Waals surface area contributed by atoms with Crippen molar-refractivity contribution in [2.24, 2.45) is 5.73 Å². The van der Waals surface area contributed by atoms with Gasteiger partial charge in [0.15, 0.2) is 0 Å². The highest BCUT2D eigenvalue weighted by Gasteiger charge is 2.02. The summed E-state index contributed by atoms with van der Waals surface area (Å²) in [5.41, 5.74) is 6.39. The highest BCUT2D eigenvalue weighted by molar-refractivity contribution is 7.09. The summed E-state index contributed by atoms with van der Waals surface area (Å²) in [6.45, 7) is 1.08. The predicted molar refractivity (Wildman–Crippen MR) is 65.6 cm³/mol. The standard InChI is InChI=1S/C12H14N2OS/c13-9-11-12(4-1-6-14-11)15-7-5-10-3-2-8-16-10/h1-4,6,8H,5,7,9,13H2. The molecule has 2 rings (SSSR count). The zero-order chi connectivity index (χ0) is 11.2. The van der Waals surface area contributed by atoms with Gasteiger partial charge in [0.2, 0.25) is 0 Å². The Kier molecular flexibility index (Phi) is 3.91. The van der Waals surface area contributed by atoms with E-state index in [1.807, 2.05) is 12.1 Å². The van der Waals surface area contributed by atoms with Gasteiger partial charge in [-0.15, -0.1) is 11.3 Å². The molecule has 16 heavy (non-hydrogen) atoms. The molecule has 2 aromatic rings. The van der Waals surface area contributed by atoms with E-state index in [9.17, 15) is 0 Å². The molecular formula is C12H14N2OS. The van der Waals surface area contributed by atoms with Crippen LogP contribution >= 0.6 is 11.3 Å². The molecule has 0 saturated heterocycles. The van der Waals surface area contributed by atoms with Crippen molar-refractivity contribution in [3.8, 4) is 5.75 Å². The van der Waals surface area contributed by atoms with Gasteiger partial charge < -0.3 is 10.5 Å². The summed E-state index contributed by atoms with van der Waals surface area (Å²) in [5, 5.41) is 2.07. The Morgan fingerprint density at radius 1 is 1.31 bits per heavy atom. The Hall–Kier alpha value is -1.39. The van der Waals surface area contributed by atoms with E-state index < -0.39 is 0 Å². The van der Waals surface area contributed by atoms with Crippen molar-refractivity contribution in [1.82, 2.24) is 4.98 Å².